The normalized spacial score (nSPS) is 19.9. The van der Waals surface area contributed by atoms with E-state index >= 15 is 0 Å². The molecule has 0 aromatic rings. The Hall–Kier alpha value is -1.17. The van der Waals surface area contributed by atoms with Gasteiger partial charge in [0.1, 0.15) is 6.04 Å². The summed E-state index contributed by atoms with van der Waals surface area (Å²) >= 11 is 0. The SMILES string of the molecule is C=CCN(CC=C)C(C)C(C(N)=O)N1CCNCC1. The molecule has 2 unspecified atom stereocenters. The summed E-state index contributed by atoms with van der Waals surface area (Å²) in [5.74, 6) is -0.257. The van der Waals surface area contributed by atoms with Crippen LogP contribution < -0.4 is 11.1 Å². The van der Waals surface area contributed by atoms with E-state index in [1.807, 2.05) is 19.1 Å². The Bertz CT molecular complexity index is 303. The minimum absolute atomic E-state index is 0.0478. The van der Waals surface area contributed by atoms with Gasteiger partial charge in [0.2, 0.25) is 5.91 Å². The first-order valence-electron chi connectivity index (χ1n) is 6.81. The van der Waals surface area contributed by atoms with Crippen LogP contribution in [0.1, 0.15) is 6.92 Å². The van der Waals surface area contributed by atoms with Crippen LogP contribution in [0.2, 0.25) is 0 Å². The number of rotatable bonds is 8. The molecule has 1 aliphatic heterocycles. The summed E-state index contributed by atoms with van der Waals surface area (Å²) in [6, 6.07) is -0.214. The molecule has 1 heterocycles. The van der Waals surface area contributed by atoms with Crippen LogP contribution >= 0.6 is 0 Å². The van der Waals surface area contributed by atoms with Crippen molar-refractivity contribution in [3.05, 3.63) is 25.3 Å². The van der Waals surface area contributed by atoms with E-state index in [1.54, 1.807) is 0 Å². The van der Waals surface area contributed by atoms with Crippen LogP contribution in [-0.2, 0) is 4.79 Å². The lowest BCUT2D eigenvalue weighted by atomic mass is 10.0. The lowest BCUT2D eigenvalue weighted by Gasteiger charge is -2.40. The third-order valence-corrected chi connectivity index (χ3v) is 3.60. The van der Waals surface area contributed by atoms with Crippen LogP contribution in [0, 0.1) is 0 Å². The van der Waals surface area contributed by atoms with E-state index in [4.69, 9.17) is 5.73 Å². The first-order chi connectivity index (χ1) is 9.11. The van der Waals surface area contributed by atoms with E-state index in [1.165, 1.54) is 0 Å². The van der Waals surface area contributed by atoms with Gasteiger partial charge in [-0.05, 0) is 6.92 Å². The highest BCUT2D eigenvalue weighted by Gasteiger charge is 2.32. The molecule has 0 bridgehead atoms. The zero-order chi connectivity index (χ0) is 14.3. The van der Waals surface area contributed by atoms with Crippen molar-refractivity contribution in [3.63, 3.8) is 0 Å². The molecule has 5 nitrogen and oxygen atoms in total. The Morgan fingerprint density at radius 1 is 1.37 bits per heavy atom. The van der Waals surface area contributed by atoms with Gasteiger partial charge in [-0.15, -0.1) is 13.2 Å². The van der Waals surface area contributed by atoms with E-state index in [9.17, 15) is 4.79 Å². The number of nitrogens with zero attached hydrogens (tertiary/aromatic N) is 2. The van der Waals surface area contributed by atoms with E-state index in [0.717, 1.165) is 39.3 Å². The number of hydrogen-bond acceptors (Lipinski definition) is 4. The van der Waals surface area contributed by atoms with Crippen molar-refractivity contribution >= 4 is 5.91 Å². The van der Waals surface area contributed by atoms with Gasteiger partial charge in [0, 0.05) is 45.3 Å². The molecule has 0 spiro atoms. The quantitative estimate of drug-likeness (QED) is 0.598. The average molecular weight is 266 g/mol. The summed E-state index contributed by atoms with van der Waals surface area (Å²) in [6.45, 7) is 14.5. The van der Waals surface area contributed by atoms with Gasteiger partial charge < -0.3 is 11.1 Å². The predicted octanol–water partition coefficient (Wildman–Crippen LogP) is -0.192. The van der Waals surface area contributed by atoms with Gasteiger partial charge in [-0.25, -0.2) is 0 Å². The monoisotopic (exact) mass is 266 g/mol. The molecule has 0 radical (unpaired) electrons. The van der Waals surface area contributed by atoms with Crippen LogP contribution in [0.15, 0.2) is 25.3 Å². The van der Waals surface area contributed by atoms with Gasteiger partial charge in [-0.1, -0.05) is 12.2 Å². The number of nitrogens with one attached hydrogen (secondary N) is 1. The lowest BCUT2D eigenvalue weighted by Crippen LogP contribution is -2.60. The second-order valence-corrected chi connectivity index (χ2v) is 4.91. The molecule has 2 atom stereocenters. The van der Waals surface area contributed by atoms with Crippen molar-refractivity contribution in [2.24, 2.45) is 5.73 Å². The maximum absolute atomic E-state index is 11.8. The number of piperazine rings is 1. The van der Waals surface area contributed by atoms with E-state index in [-0.39, 0.29) is 18.0 Å². The first-order valence-corrected chi connectivity index (χ1v) is 6.81. The van der Waals surface area contributed by atoms with Gasteiger partial charge in [-0.2, -0.15) is 0 Å². The van der Waals surface area contributed by atoms with E-state index in [2.05, 4.69) is 28.3 Å². The van der Waals surface area contributed by atoms with Gasteiger partial charge in [0.05, 0.1) is 0 Å². The molecule has 19 heavy (non-hydrogen) atoms. The smallest absolute Gasteiger partial charge is 0.236 e. The molecule has 3 N–H and O–H groups in total. The van der Waals surface area contributed by atoms with Gasteiger partial charge >= 0.3 is 0 Å². The molecule has 0 aliphatic carbocycles. The number of amides is 1. The molecule has 1 saturated heterocycles. The fraction of sp³-hybridized carbons (Fsp3) is 0.643. The maximum Gasteiger partial charge on any atom is 0.236 e. The highest BCUT2D eigenvalue weighted by molar-refractivity contribution is 5.80. The molecule has 1 rings (SSSR count). The van der Waals surface area contributed by atoms with Crippen molar-refractivity contribution in [2.45, 2.75) is 19.0 Å². The standard InChI is InChI=1S/C14H26N4O/c1-4-8-17(9-5-2)12(3)13(14(15)19)18-10-6-16-7-11-18/h4-5,12-13,16H,1-2,6-11H2,3H3,(H2,15,19). The molecular weight excluding hydrogens is 240 g/mol. The molecule has 0 aromatic carbocycles. The fourth-order valence-electron chi connectivity index (χ4n) is 2.62. The number of primary amides is 1. The Labute approximate surface area is 116 Å². The van der Waals surface area contributed by atoms with Crippen LogP contribution in [0.5, 0.6) is 0 Å². The van der Waals surface area contributed by atoms with Crippen molar-refractivity contribution in [1.29, 1.82) is 0 Å². The molecule has 1 fully saturated rings. The summed E-state index contributed by atoms with van der Waals surface area (Å²) in [5, 5.41) is 3.29. The number of carbonyl (C=O) groups is 1. The second-order valence-electron chi connectivity index (χ2n) is 4.91. The summed E-state index contributed by atoms with van der Waals surface area (Å²) in [7, 11) is 0. The minimum Gasteiger partial charge on any atom is -0.368 e. The van der Waals surface area contributed by atoms with E-state index in [0.29, 0.717) is 0 Å². The third-order valence-electron chi connectivity index (χ3n) is 3.60. The minimum atomic E-state index is -0.262. The second kappa shape index (κ2) is 8.09. The molecule has 1 aliphatic rings. The van der Waals surface area contributed by atoms with Crippen molar-refractivity contribution in [3.8, 4) is 0 Å². The Kier molecular flexibility index (Phi) is 6.77. The van der Waals surface area contributed by atoms with Crippen LogP contribution in [0.25, 0.3) is 0 Å². The zero-order valence-corrected chi connectivity index (χ0v) is 11.8. The number of nitrogens with two attached hydrogens (primary N) is 1. The fourth-order valence-corrected chi connectivity index (χ4v) is 2.62. The Morgan fingerprint density at radius 2 is 1.89 bits per heavy atom. The number of hydrogen-bond donors (Lipinski definition) is 2. The summed E-state index contributed by atoms with van der Waals surface area (Å²) in [5.41, 5.74) is 5.62. The third kappa shape index (κ3) is 4.45. The Morgan fingerprint density at radius 3 is 2.32 bits per heavy atom. The van der Waals surface area contributed by atoms with Crippen LogP contribution in [0.4, 0.5) is 0 Å². The van der Waals surface area contributed by atoms with Crippen LogP contribution in [-0.4, -0.2) is 67.1 Å². The van der Waals surface area contributed by atoms with Crippen molar-refractivity contribution in [1.82, 2.24) is 15.1 Å². The lowest BCUT2D eigenvalue weighted by molar-refractivity contribution is -0.125. The molecule has 108 valence electrons. The summed E-state index contributed by atoms with van der Waals surface area (Å²) in [4.78, 5) is 16.2. The highest BCUT2D eigenvalue weighted by Crippen LogP contribution is 2.12. The topological polar surface area (TPSA) is 61.6 Å². The highest BCUT2D eigenvalue weighted by atomic mass is 16.1. The first kappa shape index (κ1) is 15.9. The molecule has 0 saturated carbocycles. The molecule has 0 aromatic heterocycles. The molecule has 1 amide bonds. The predicted molar refractivity (Wildman–Crippen MR) is 78.9 cm³/mol. The summed E-state index contributed by atoms with van der Waals surface area (Å²) in [6.07, 6.45) is 3.69. The maximum atomic E-state index is 11.8. The van der Waals surface area contributed by atoms with Gasteiger partial charge in [0.25, 0.3) is 0 Å². The Balaban J connectivity index is 2.79. The summed E-state index contributed by atoms with van der Waals surface area (Å²) < 4.78 is 0. The zero-order valence-electron chi connectivity index (χ0n) is 11.8. The molecular formula is C14H26N4O. The van der Waals surface area contributed by atoms with Crippen molar-refractivity contribution in [2.75, 3.05) is 39.3 Å². The van der Waals surface area contributed by atoms with Gasteiger partial charge in [0.15, 0.2) is 0 Å². The number of carbonyl (C=O) groups excluding carboxylic acids is 1. The average Bonchev–Trinajstić information content (AvgIpc) is 2.39. The molecule has 5 heteroatoms. The van der Waals surface area contributed by atoms with E-state index < -0.39 is 0 Å². The van der Waals surface area contributed by atoms with Crippen molar-refractivity contribution < 1.29 is 4.79 Å². The van der Waals surface area contributed by atoms with Crippen LogP contribution in [0.3, 0.4) is 0 Å². The largest absolute Gasteiger partial charge is 0.368 e. The van der Waals surface area contributed by atoms with Gasteiger partial charge in [-0.3, -0.25) is 14.6 Å².